The van der Waals surface area contributed by atoms with Crippen LogP contribution >= 0.6 is 0 Å². The summed E-state index contributed by atoms with van der Waals surface area (Å²) in [5.74, 6) is -1.53. The molecule has 2 aromatic carbocycles. The minimum absolute atomic E-state index is 0.184. The SMILES string of the molecule is COCCCn1c(=O)oc2ccc(-c3ccc(C[C@H](NC(=O)C4(NC(=O)OC(C)(C)C)CCCC4)C(N)=O)cc3)cc21. The van der Waals surface area contributed by atoms with Crippen LogP contribution in [0.3, 0.4) is 0 Å². The maximum Gasteiger partial charge on any atom is 0.419 e. The number of amides is 3. The molecule has 0 unspecified atom stereocenters. The van der Waals surface area contributed by atoms with Gasteiger partial charge in [-0.1, -0.05) is 43.2 Å². The van der Waals surface area contributed by atoms with Crippen molar-refractivity contribution in [1.29, 1.82) is 0 Å². The van der Waals surface area contributed by atoms with Crippen molar-refractivity contribution in [2.24, 2.45) is 5.73 Å². The number of primary amides is 1. The second-order valence-electron chi connectivity index (χ2n) is 11.8. The molecular formula is C31H40N4O7. The highest BCUT2D eigenvalue weighted by molar-refractivity contribution is 5.94. The maximum absolute atomic E-state index is 13.4. The van der Waals surface area contributed by atoms with Gasteiger partial charge >= 0.3 is 11.8 Å². The van der Waals surface area contributed by atoms with Crippen LogP contribution in [-0.4, -0.2) is 53.4 Å². The summed E-state index contributed by atoms with van der Waals surface area (Å²) in [6.07, 6.45) is 2.61. The number of oxazole rings is 1. The van der Waals surface area contributed by atoms with Gasteiger partial charge in [0.2, 0.25) is 11.8 Å². The highest BCUT2D eigenvalue weighted by atomic mass is 16.6. The Labute approximate surface area is 244 Å². The van der Waals surface area contributed by atoms with Crippen molar-refractivity contribution in [2.45, 2.75) is 83.0 Å². The van der Waals surface area contributed by atoms with Crippen LogP contribution in [0.4, 0.5) is 4.79 Å². The topological polar surface area (TPSA) is 155 Å². The molecule has 1 aliphatic carbocycles. The molecule has 1 atom stereocenters. The van der Waals surface area contributed by atoms with Crippen LogP contribution in [0.15, 0.2) is 51.7 Å². The van der Waals surface area contributed by atoms with E-state index in [9.17, 15) is 19.2 Å². The second kappa shape index (κ2) is 12.8. The van der Waals surface area contributed by atoms with E-state index in [0.29, 0.717) is 43.5 Å². The predicted molar refractivity (Wildman–Crippen MR) is 158 cm³/mol. The fourth-order valence-corrected chi connectivity index (χ4v) is 5.29. The molecule has 0 aliphatic heterocycles. The van der Waals surface area contributed by atoms with Crippen LogP contribution < -0.4 is 22.1 Å². The average molecular weight is 581 g/mol. The monoisotopic (exact) mass is 580 g/mol. The van der Waals surface area contributed by atoms with Gasteiger partial charge in [-0.2, -0.15) is 0 Å². The summed E-state index contributed by atoms with van der Waals surface area (Å²) in [4.78, 5) is 50.6. The number of hydrogen-bond acceptors (Lipinski definition) is 7. The minimum Gasteiger partial charge on any atom is -0.444 e. The Morgan fingerprint density at radius 3 is 2.36 bits per heavy atom. The van der Waals surface area contributed by atoms with Crippen molar-refractivity contribution >= 4 is 29.0 Å². The van der Waals surface area contributed by atoms with Gasteiger partial charge in [0.1, 0.15) is 17.2 Å². The van der Waals surface area contributed by atoms with Crippen molar-refractivity contribution < 1.29 is 28.3 Å². The molecule has 1 saturated carbocycles. The van der Waals surface area contributed by atoms with Crippen LogP contribution in [-0.2, 0) is 32.0 Å². The predicted octanol–water partition coefficient (Wildman–Crippen LogP) is 3.65. The van der Waals surface area contributed by atoms with Gasteiger partial charge in [-0.15, -0.1) is 0 Å². The summed E-state index contributed by atoms with van der Waals surface area (Å²) < 4.78 is 17.5. The van der Waals surface area contributed by atoms with Crippen LogP contribution in [0, 0.1) is 0 Å². The first-order chi connectivity index (χ1) is 19.9. The molecule has 3 amide bonds. The Morgan fingerprint density at radius 1 is 1.07 bits per heavy atom. The Morgan fingerprint density at radius 2 is 1.74 bits per heavy atom. The van der Waals surface area contributed by atoms with Crippen molar-refractivity contribution in [3.8, 4) is 11.1 Å². The van der Waals surface area contributed by atoms with E-state index in [1.165, 1.54) is 0 Å². The Bertz CT molecular complexity index is 1480. The first-order valence-electron chi connectivity index (χ1n) is 14.2. The smallest absolute Gasteiger partial charge is 0.419 e. The molecule has 3 aromatic rings. The number of rotatable bonds is 11. The average Bonchev–Trinajstić information content (AvgIpc) is 3.52. The molecule has 0 saturated heterocycles. The van der Waals surface area contributed by atoms with Gasteiger partial charge in [0.15, 0.2) is 5.58 Å². The molecule has 11 nitrogen and oxygen atoms in total. The number of alkyl carbamates (subject to hydrolysis) is 1. The first kappa shape index (κ1) is 30.8. The van der Waals surface area contributed by atoms with E-state index in [1.54, 1.807) is 38.5 Å². The molecule has 4 rings (SSSR count). The number of aryl methyl sites for hydroxylation is 1. The molecule has 1 fully saturated rings. The lowest BCUT2D eigenvalue weighted by Crippen LogP contribution is -2.61. The van der Waals surface area contributed by atoms with Crippen LogP contribution in [0.25, 0.3) is 22.2 Å². The standard InChI is InChI=1S/C31H40N4O7/c1-30(2,3)42-28(38)34-31(14-5-6-15-31)27(37)33-23(26(32)36)18-20-8-10-21(11-9-20)22-12-13-25-24(19-22)35(29(39)41-25)16-7-17-40-4/h8-13,19,23H,5-7,14-18H2,1-4H3,(H2,32,36)(H,33,37)(H,34,38)/t23-/m0/s1. The first-order valence-corrected chi connectivity index (χ1v) is 14.2. The summed E-state index contributed by atoms with van der Waals surface area (Å²) >= 11 is 0. The Hall–Kier alpha value is -4.12. The quantitative estimate of drug-likeness (QED) is 0.293. The zero-order valence-electron chi connectivity index (χ0n) is 24.7. The lowest BCUT2D eigenvalue weighted by Gasteiger charge is -2.31. The molecule has 1 aromatic heterocycles. The number of nitrogens with one attached hydrogen (secondary N) is 2. The zero-order valence-corrected chi connectivity index (χ0v) is 24.7. The number of aromatic nitrogens is 1. The molecule has 0 spiro atoms. The van der Waals surface area contributed by atoms with E-state index in [2.05, 4.69) is 10.6 Å². The number of carbonyl (C=O) groups is 3. The van der Waals surface area contributed by atoms with Crippen molar-refractivity contribution in [3.05, 3.63) is 58.6 Å². The van der Waals surface area contributed by atoms with Crippen molar-refractivity contribution in [3.63, 3.8) is 0 Å². The summed E-state index contributed by atoms with van der Waals surface area (Å²) in [6.45, 7) is 6.27. The fraction of sp³-hybridized carbons (Fsp3) is 0.484. The maximum atomic E-state index is 13.4. The molecule has 11 heteroatoms. The van der Waals surface area contributed by atoms with E-state index in [0.717, 1.165) is 29.5 Å². The molecule has 42 heavy (non-hydrogen) atoms. The molecule has 0 radical (unpaired) electrons. The number of nitrogens with two attached hydrogens (primary N) is 1. The van der Waals surface area contributed by atoms with Crippen LogP contribution in [0.2, 0.25) is 0 Å². The number of nitrogens with zero attached hydrogens (tertiary/aromatic N) is 1. The fourth-order valence-electron chi connectivity index (χ4n) is 5.29. The molecular weight excluding hydrogens is 540 g/mol. The number of hydrogen-bond donors (Lipinski definition) is 3. The summed E-state index contributed by atoms with van der Waals surface area (Å²) in [7, 11) is 1.62. The third kappa shape index (κ3) is 7.39. The van der Waals surface area contributed by atoms with E-state index in [4.69, 9.17) is 19.6 Å². The summed E-state index contributed by atoms with van der Waals surface area (Å²) in [5, 5.41) is 5.53. The van der Waals surface area contributed by atoms with Gasteiger partial charge < -0.3 is 30.3 Å². The van der Waals surface area contributed by atoms with Crippen molar-refractivity contribution in [2.75, 3.05) is 13.7 Å². The van der Waals surface area contributed by atoms with E-state index >= 15 is 0 Å². The molecule has 4 N–H and O–H groups in total. The lowest BCUT2D eigenvalue weighted by molar-refractivity contribution is -0.131. The summed E-state index contributed by atoms with van der Waals surface area (Å²) in [6, 6.07) is 12.1. The van der Waals surface area contributed by atoms with E-state index in [-0.39, 0.29) is 6.42 Å². The Balaban J connectivity index is 1.47. The van der Waals surface area contributed by atoms with E-state index < -0.39 is 40.8 Å². The number of carbonyl (C=O) groups excluding carboxylic acids is 3. The van der Waals surface area contributed by atoms with Crippen LogP contribution in [0.5, 0.6) is 0 Å². The molecule has 0 bridgehead atoms. The van der Waals surface area contributed by atoms with Gasteiger partial charge in [-0.25, -0.2) is 9.59 Å². The molecule has 226 valence electrons. The van der Waals surface area contributed by atoms with Gasteiger partial charge in [-0.3, -0.25) is 14.2 Å². The van der Waals surface area contributed by atoms with Gasteiger partial charge in [0, 0.05) is 26.7 Å². The molecule has 1 heterocycles. The van der Waals surface area contributed by atoms with Gasteiger partial charge in [0.05, 0.1) is 5.52 Å². The number of ether oxygens (including phenoxy) is 2. The normalized spacial score (nSPS) is 15.3. The Kier molecular flexibility index (Phi) is 9.40. The third-order valence-electron chi connectivity index (χ3n) is 7.41. The van der Waals surface area contributed by atoms with Crippen LogP contribution in [0.1, 0.15) is 58.4 Å². The van der Waals surface area contributed by atoms with Crippen molar-refractivity contribution in [1.82, 2.24) is 15.2 Å². The van der Waals surface area contributed by atoms with E-state index in [1.807, 2.05) is 36.4 Å². The van der Waals surface area contributed by atoms with Gasteiger partial charge in [0.25, 0.3) is 0 Å². The largest absolute Gasteiger partial charge is 0.444 e. The third-order valence-corrected chi connectivity index (χ3v) is 7.41. The zero-order chi connectivity index (χ0) is 30.5. The number of fused-ring (bicyclic) bond motifs is 1. The van der Waals surface area contributed by atoms with Gasteiger partial charge in [-0.05, 0) is 68.9 Å². The summed E-state index contributed by atoms with van der Waals surface area (Å²) in [5.41, 5.74) is 7.63. The number of methoxy groups -OCH3 is 1. The minimum atomic E-state index is -1.16. The number of benzene rings is 2. The second-order valence-corrected chi connectivity index (χ2v) is 11.8. The molecule has 1 aliphatic rings. The highest BCUT2D eigenvalue weighted by Crippen LogP contribution is 2.31. The lowest BCUT2D eigenvalue weighted by atomic mass is 9.95. The highest BCUT2D eigenvalue weighted by Gasteiger charge is 2.44.